The number of amides is 1. The standard InChI is InChI=1S/C19H21N5OS3/c1-3-10-20-18(26)22-17-14(16(25)23-24-19(27)21-11-4-2)12-15(28-17)13-8-6-5-7-9-13/h3-9,12H,1-2,10-11H2,(H,23,25)(H2,20,22,26)(H2,21,24,27). The van der Waals surface area contributed by atoms with Crippen molar-refractivity contribution in [3.05, 3.63) is 67.3 Å². The fraction of sp³-hybridized carbons (Fsp3) is 0.105. The van der Waals surface area contributed by atoms with Crippen LogP contribution in [0.3, 0.4) is 0 Å². The lowest BCUT2D eigenvalue weighted by atomic mass is 10.1. The number of thiophene rings is 1. The van der Waals surface area contributed by atoms with Crippen LogP contribution in [-0.2, 0) is 0 Å². The molecule has 1 heterocycles. The zero-order valence-electron chi connectivity index (χ0n) is 15.1. The van der Waals surface area contributed by atoms with E-state index in [9.17, 15) is 4.79 Å². The van der Waals surface area contributed by atoms with Crippen LogP contribution in [0.15, 0.2) is 61.7 Å². The Balaban J connectivity index is 2.19. The van der Waals surface area contributed by atoms with Crippen LogP contribution < -0.4 is 26.8 Å². The zero-order chi connectivity index (χ0) is 20.4. The molecule has 0 radical (unpaired) electrons. The van der Waals surface area contributed by atoms with Gasteiger partial charge >= 0.3 is 0 Å². The van der Waals surface area contributed by atoms with Gasteiger partial charge in [0.25, 0.3) is 5.91 Å². The van der Waals surface area contributed by atoms with E-state index in [0.29, 0.717) is 33.9 Å². The first-order valence-electron chi connectivity index (χ1n) is 8.35. The van der Waals surface area contributed by atoms with Gasteiger partial charge in [0.05, 0.1) is 5.56 Å². The first-order chi connectivity index (χ1) is 13.5. The summed E-state index contributed by atoms with van der Waals surface area (Å²) >= 11 is 11.8. The van der Waals surface area contributed by atoms with E-state index in [1.165, 1.54) is 11.3 Å². The third kappa shape index (κ3) is 6.45. The zero-order valence-corrected chi connectivity index (χ0v) is 17.5. The molecule has 0 saturated heterocycles. The van der Waals surface area contributed by atoms with Gasteiger partial charge < -0.3 is 16.0 Å². The third-order valence-corrected chi connectivity index (χ3v) is 4.96. The summed E-state index contributed by atoms with van der Waals surface area (Å²) in [5, 5.41) is 10.3. The van der Waals surface area contributed by atoms with Gasteiger partial charge in [-0.2, -0.15) is 0 Å². The van der Waals surface area contributed by atoms with Crippen molar-refractivity contribution in [2.75, 3.05) is 18.4 Å². The molecule has 0 unspecified atom stereocenters. The molecule has 2 rings (SSSR count). The molecule has 2 aromatic rings. The summed E-state index contributed by atoms with van der Waals surface area (Å²) in [6.45, 7) is 8.26. The van der Waals surface area contributed by atoms with Crippen LogP contribution in [-0.4, -0.2) is 29.2 Å². The van der Waals surface area contributed by atoms with Crippen molar-refractivity contribution in [3.8, 4) is 10.4 Å². The molecule has 5 N–H and O–H groups in total. The van der Waals surface area contributed by atoms with Crippen LogP contribution >= 0.6 is 35.8 Å². The lowest BCUT2D eigenvalue weighted by molar-refractivity contribution is 0.0945. The molecule has 0 bridgehead atoms. The average Bonchev–Trinajstić information content (AvgIpc) is 3.13. The number of carbonyl (C=O) groups excluding carboxylic acids is 1. The second kappa shape index (κ2) is 11.2. The number of thiocarbonyl (C=S) groups is 2. The summed E-state index contributed by atoms with van der Waals surface area (Å²) in [5.74, 6) is -0.338. The molecule has 0 aliphatic rings. The van der Waals surface area contributed by atoms with Crippen molar-refractivity contribution in [1.29, 1.82) is 0 Å². The normalized spacial score (nSPS) is 9.71. The van der Waals surface area contributed by atoms with Crippen molar-refractivity contribution in [3.63, 3.8) is 0 Å². The highest BCUT2D eigenvalue weighted by Crippen LogP contribution is 2.35. The summed E-state index contributed by atoms with van der Waals surface area (Å²) < 4.78 is 0. The molecule has 0 fully saturated rings. The first kappa shape index (κ1) is 21.5. The van der Waals surface area contributed by atoms with E-state index in [1.807, 2.05) is 36.4 Å². The van der Waals surface area contributed by atoms with Gasteiger partial charge in [-0.15, -0.1) is 24.5 Å². The highest BCUT2D eigenvalue weighted by molar-refractivity contribution is 7.80. The largest absolute Gasteiger partial charge is 0.359 e. The monoisotopic (exact) mass is 431 g/mol. The van der Waals surface area contributed by atoms with Gasteiger partial charge in [0.15, 0.2) is 10.2 Å². The highest BCUT2D eigenvalue weighted by atomic mass is 32.1. The van der Waals surface area contributed by atoms with Crippen LogP contribution in [0.2, 0.25) is 0 Å². The van der Waals surface area contributed by atoms with Crippen LogP contribution in [0.4, 0.5) is 5.00 Å². The van der Waals surface area contributed by atoms with E-state index in [-0.39, 0.29) is 5.91 Å². The number of carbonyl (C=O) groups is 1. The Kier molecular flexibility index (Phi) is 8.60. The van der Waals surface area contributed by atoms with Gasteiger partial charge in [0.1, 0.15) is 5.00 Å². The number of hydrogen-bond acceptors (Lipinski definition) is 4. The molecular formula is C19H21N5OS3. The lowest BCUT2D eigenvalue weighted by Crippen LogP contribution is -2.46. The molecule has 9 heteroatoms. The van der Waals surface area contributed by atoms with Gasteiger partial charge in [-0.25, -0.2) is 0 Å². The Morgan fingerprint density at radius 3 is 2.29 bits per heavy atom. The molecule has 0 saturated carbocycles. The molecule has 28 heavy (non-hydrogen) atoms. The maximum absolute atomic E-state index is 12.7. The van der Waals surface area contributed by atoms with Crippen LogP contribution in [0.1, 0.15) is 10.4 Å². The fourth-order valence-electron chi connectivity index (χ4n) is 2.10. The second-order valence-electron chi connectivity index (χ2n) is 5.42. The Morgan fingerprint density at radius 2 is 1.64 bits per heavy atom. The highest BCUT2D eigenvalue weighted by Gasteiger charge is 2.18. The summed E-state index contributed by atoms with van der Waals surface area (Å²) in [6.07, 6.45) is 3.37. The molecule has 0 spiro atoms. The Hall–Kier alpha value is -2.75. The van der Waals surface area contributed by atoms with E-state index < -0.39 is 0 Å². The Labute approximate surface area is 179 Å². The molecule has 0 aliphatic carbocycles. The minimum atomic E-state index is -0.338. The fourth-order valence-corrected chi connectivity index (χ4v) is 3.55. The number of benzene rings is 1. The van der Waals surface area contributed by atoms with E-state index >= 15 is 0 Å². The molecule has 1 amide bonds. The predicted molar refractivity (Wildman–Crippen MR) is 126 cm³/mol. The topological polar surface area (TPSA) is 77.2 Å². The number of rotatable bonds is 7. The predicted octanol–water partition coefficient (Wildman–Crippen LogP) is 3.18. The molecule has 6 nitrogen and oxygen atoms in total. The van der Waals surface area contributed by atoms with E-state index in [0.717, 1.165) is 10.4 Å². The number of anilines is 1. The summed E-state index contributed by atoms with van der Waals surface area (Å²) in [6, 6.07) is 11.6. The number of nitrogens with one attached hydrogen (secondary N) is 5. The molecule has 1 aromatic heterocycles. The molecule has 1 aromatic carbocycles. The maximum atomic E-state index is 12.7. The smallest absolute Gasteiger partial charge is 0.272 e. The van der Waals surface area contributed by atoms with Crippen LogP contribution in [0.25, 0.3) is 10.4 Å². The third-order valence-electron chi connectivity index (χ3n) is 3.37. The van der Waals surface area contributed by atoms with Gasteiger partial charge in [0, 0.05) is 18.0 Å². The van der Waals surface area contributed by atoms with Gasteiger partial charge in [0.2, 0.25) is 0 Å². The average molecular weight is 432 g/mol. The Morgan fingerprint density at radius 1 is 1.00 bits per heavy atom. The van der Waals surface area contributed by atoms with Crippen molar-refractivity contribution < 1.29 is 4.79 Å². The van der Waals surface area contributed by atoms with Crippen molar-refractivity contribution in [1.82, 2.24) is 21.5 Å². The van der Waals surface area contributed by atoms with Crippen LogP contribution in [0, 0.1) is 0 Å². The van der Waals surface area contributed by atoms with Gasteiger partial charge in [-0.3, -0.25) is 15.6 Å². The second-order valence-corrected chi connectivity index (χ2v) is 7.29. The first-order valence-corrected chi connectivity index (χ1v) is 9.98. The summed E-state index contributed by atoms with van der Waals surface area (Å²) in [7, 11) is 0. The number of hydrazine groups is 1. The molecule has 0 aliphatic heterocycles. The van der Waals surface area contributed by atoms with E-state index in [4.69, 9.17) is 24.4 Å². The van der Waals surface area contributed by atoms with E-state index in [1.54, 1.807) is 12.2 Å². The maximum Gasteiger partial charge on any atom is 0.272 e. The quantitative estimate of drug-likeness (QED) is 0.262. The lowest BCUT2D eigenvalue weighted by Gasteiger charge is -2.12. The minimum absolute atomic E-state index is 0.296. The summed E-state index contributed by atoms with van der Waals surface area (Å²) in [4.78, 5) is 13.6. The summed E-state index contributed by atoms with van der Waals surface area (Å²) in [5.41, 5.74) is 6.72. The van der Waals surface area contributed by atoms with Crippen molar-refractivity contribution in [2.45, 2.75) is 0 Å². The van der Waals surface area contributed by atoms with Gasteiger partial charge in [-0.1, -0.05) is 42.5 Å². The van der Waals surface area contributed by atoms with Crippen molar-refractivity contribution >= 4 is 56.9 Å². The van der Waals surface area contributed by atoms with Gasteiger partial charge in [-0.05, 0) is 36.1 Å². The molecule has 0 atom stereocenters. The minimum Gasteiger partial charge on any atom is -0.359 e. The van der Waals surface area contributed by atoms with Crippen molar-refractivity contribution in [2.24, 2.45) is 0 Å². The Bertz CT molecular complexity index is 864. The van der Waals surface area contributed by atoms with Crippen LogP contribution in [0.5, 0.6) is 0 Å². The molecule has 146 valence electrons. The molecular weight excluding hydrogens is 410 g/mol. The van der Waals surface area contributed by atoms with E-state index in [2.05, 4.69) is 40.0 Å². The number of hydrogen-bond donors (Lipinski definition) is 5. The SMILES string of the molecule is C=CCNC(=S)NNC(=O)c1cc(-c2ccccc2)sc1NC(=S)NCC=C.